The molecule has 0 aliphatic carbocycles. The number of fused-ring (bicyclic) bond motifs is 1. The Morgan fingerprint density at radius 1 is 1.17 bits per heavy atom. The summed E-state index contributed by atoms with van der Waals surface area (Å²) in [6, 6.07) is 13.5. The summed E-state index contributed by atoms with van der Waals surface area (Å²) < 4.78 is 5.81. The molecule has 0 saturated heterocycles. The highest BCUT2D eigenvalue weighted by molar-refractivity contribution is 6.02. The molecule has 1 aliphatic heterocycles. The summed E-state index contributed by atoms with van der Waals surface area (Å²) in [5.74, 6) is 1.43. The van der Waals surface area contributed by atoms with Crippen molar-refractivity contribution in [1.82, 2.24) is 10.2 Å². The number of urea groups is 1. The van der Waals surface area contributed by atoms with Crippen LogP contribution < -0.4 is 15.5 Å². The highest BCUT2D eigenvalue weighted by Crippen LogP contribution is 2.35. The predicted octanol–water partition coefficient (Wildman–Crippen LogP) is 5.10. The average Bonchev–Trinajstić information content (AvgIpc) is 3.17. The molecule has 1 aliphatic rings. The first-order valence-electron chi connectivity index (χ1n) is 10.3. The Labute approximate surface area is 176 Å². The van der Waals surface area contributed by atoms with Gasteiger partial charge in [0.1, 0.15) is 0 Å². The molecule has 0 bridgehead atoms. The summed E-state index contributed by atoms with van der Waals surface area (Å²) in [6.07, 6.45) is 2.01. The lowest BCUT2D eigenvalue weighted by atomic mass is 10.0. The van der Waals surface area contributed by atoms with Crippen molar-refractivity contribution >= 4 is 23.1 Å². The molecule has 0 saturated carbocycles. The van der Waals surface area contributed by atoms with E-state index < -0.39 is 0 Å². The Hall–Kier alpha value is -3.35. The fourth-order valence-electron chi connectivity index (χ4n) is 3.73. The third-order valence-corrected chi connectivity index (χ3v) is 5.14. The molecule has 2 aromatic carbocycles. The van der Waals surface area contributed by atoms with Gasteiger partial charge in [-0.1, -0.05) is 38.1 Å². The van der Waals surface area contributed by atoms with Crippen LogP contribution in [0, 0.1) is 6.92 Å². The van der Waals surface area contributed by atoms with Gasteiger partial charge < -0.3 is 20.0 Å². The fraction of sp³-hybridized carbons (Fsp3) is 0.348. The maximum Gasteiger partial charge on any atom is 0.323 e. The number of rotatable bonds is 5. The summed E-state index contributed by atoms with van der Waals surface area (Å²) in [4.78, 5) is 14.8. The Morgan fingerprint density at radius 3 is 2.77 bits per heavy atom. The van der Waals surface area contributed by atoms with Gasteiger partial charge in [-0.25, -0.2) is 4.79 Å². The Kier molecular flexibility index (Phi) is 5.70. The lowest BCUT2D eigenvalue weighted by Gasteiger charge is -2.32. The van der Waals surface area contributed by atoms with Gasteiger partial charge in [0, 0.05) is 18.2 Å². The maximum atomic E-state index is 12.6. The number of carbonyl (C=O) groups excluding carboxylic acids is 1. The zero-order valence-electron chi connectivity index (χ0n) is 17.6. The lowest BCUT2D eigenvalue weighted by molar-refractivity contribution is 0.262. The molecule has 4 rings (SSSR count). The third-order valence-electron chi connectivity index (χ3n) is 5.14. The van der Waals surface area contributed by atoms with Crippen molar-refractivity contribution in [2.75, 3.05) is 22.1 Å². The summed E-state index contributed by atoms with van der Waals surface area (Å²) in [7, 11) is 0. The van der Waals surface area contributed by atoms with Crippen LogP contribution in [0.5, 0.6) is 0 Å². The van der Waals surface area contributed by atoms with Gasteiger partial charge in [0.05, 0.1) is 17.9 Å². The van der Waals surface area contributed by atoms with E-state index in [1.807, 2.05) is 57.2 Å². The van der Waals surface area contributed by atoms with Crippen molar-refractivity contribution in [2.45, 2.75) is 46.1 Å². The standard InChI is InChI=1S/C23H27N5O2/c1-15(2)22-27-26-20(30-22)14-28-12-6-9-17-8-5-11-19(21(17)28)25-23(29)24-18-10-4-7-16(3)13-18/h4-5,7-8,10-11,13,15H,6,9,12,14H2,1-3H3,(H2,24,25,29). The first kappa shape index (κ1) is 19.9. The van der Waals surface area contributed by atoms with Crippen LogP contribution in [-0.2, 0) is 13.0 Å². The van der Waals surface area contributed by atoms with Crippen LogP contribution in [0.2, 0.25) is 0 Å². The summed E-state index contributed by atoms with van der Waals surface area (Å²) in [6.45, 7) is 7.44. The van der Waals surface area contributed by atoms with Crippen LogP contribution >= 0.6 is 0 Å². The summed E-state index contributed by atoms with van der Waals surface area (Å²) in [5, 5.41) is 14.3. The van der Waals surface area contributed by atoms with Gasteiger partial charge in [-0.2, -0.15) is 0 Å². The Balaban J connectivity index is 1.54. The zero-order valence-corrected chi connectivity index (χ0v) is 17.6. The normalized spacial score (nSPS) is 13.3. The van der Waals surface area contributed by atoms with Crippen molar-refractivity contribution < 1.29 is 9.21 Å². The number of nitrogens with zero attached hydrogens (tertiary/aromatic N) is 3. The number of hydrogen-bond acceptors (Lipinski definition) is 5. The number of nitrogens with one attached hydrogen (secondary N) is 2. The minimum Gasteiger partial charge on any atom is -0.423 e. The highest BCUT2D eigenvalue weighted by Gasteiger charge is 2.23. The van der Waals surface area contributed by atoms with E-state index in [1.165, 1.54) is 5.56 Å². The van der Waals surface area contributed by atoms with Gasteiger partial charge in [0.2, 0.25) is 11.8 Å². The van der Waals surface area contributed by atoms with Gasteiger partial charge >= 0.3 is 6.03 Å². The van der Waals surface area contributed by atoms with E-state index in [-0.39, 0.29) is 11.9 Å². The second kappa shape index (κ2) is 8.57. The Morgan fingerprint density at radius 2 is 2.00 bits per heavy atom. The molecule has 7 heteroatoms. The van der Waals surface area contributed by atoms with Crippen molar-refractivity contribution in [1.29, 1.82) is 0 Å². The minimum absolute atomic E-state index is 0.197. The Bertz CT molecular complexity index is 1040. The van der Waals surface area contributed by atoms with Crippen LogP contribution in [0.3, 0.4) is 0 Å². The van der Waals surface area contributed by atoms with E-state index in [1.54, 1.807) is 0 Å². The largest absolute Gasteiger partial charge is 0.423 e. The minimum atomic E-state index is -0.264. The van der Waals surface area contributed by atoms with Gasteiger partial charge in [0.15, 0.2) is 0 Å². The molecule has 0 radical (unpaired) electrons. The lowest BCUT2D eigenvalue weighted by Crippen LogP contribution is -2.31. The van der Waals surface area contributed by atoms with Crippen LogP contribution in [0.15, 0.2) is 46.9 Å². The number of aromatic nitrogens is 2. The highest BCUT2D eigenvalue weighted by atomic mass is 16.4. The molecule has 0 fully saturated rings. The van der Waals surface area contributed by atoms with Crippen LogP contribution in [0.1, 0.15) is 49.1 Å². The van der Waals surface area contributed by atoms with Gasteiger partial charge in [0.25, 0.3) is 0 Å². The van der Waals surface area contributed by atoms with Crippen LogP contribution in [-0.4, -0.2) is 22.8 Å². The monoisotopic (exact) mass is 405 g/mol. The number of amides is 2. The molecular formula is C23H27N5O2. The van der Waals surface area contributed by atoms with E-state index in [9.17, 15) is 4.79 Å². The van der Waals surface area contributed by atoms with Crippen molar-refractivity contribution in [3.63, 3.8) is 0 Å². The number of hydrogen-bond donors (Lipinski definition) is 2. The quantitative estimate of drug-likeness (QED) is 0.617. The van der Waals surface area contributed by atoms with E-state index in [0.29, 0.717) is 18.3 Å². The molecular weight excluding hydrogens is 378 g/mol. The summed E-state index contributed by atoms with van der Waals surface area (Å²) in [5.41, 5.74) is 4.87. The number of benzene rings is 2. The van der Waals surface area contributed by atoms with Crippen molar-refractivity contribution in [3.05, 3.63) is 65.4 Å². The van der Waals surface area contributed by atoms with Gasteiger partial charge in [-0.05, 0) is 49.1 Å². The topological polar surface area (TPSA) is 83.3 Å². The third kappa shape index (κ3) is 4.45. The predicted molar refractivity (Wildman–Crippen MR) is 118 cm³/mol. The molecule has 3 aromatic rings. The number of carbonyl (C=O) groups is 1. The number of aryl methyl sites for hydroxylation is 2. The molecule has 156 valence electrons. The van der Waals surface area contributed by atoms with Crippen LogP contribution in [0.4, 0.5) is 21.9 Å². The zero-order chi connectivity index (χ0) is 21.1. The molecule has 0 atom stereocenters. The first-order valence-corrected chi connectivity index (χ1v) is 10.3. The molecule has 2 amide bonds. The second-order valence-corrected chi connectivity index (χ2v) is 7.98. The van der Waals surface area contributed by atoms with Crippen molar-refractivity contribution in [2.24, 2.45) is 0 Å². The maximum absolute atomic E-state index is 12.6. The SMILES string of the molecule is Cc1cccc(NC(=O)Nc2cccc3c2N(Cc2nnc(C(C)C)o2)CCC3)c1. The van der Waals surface area contributed by atoms with E-state index in [2.05, 4.69) is 31.8 Å². The molecule has 0 spiro atoms. The van der Waals surface area contributed by atoms with Gasteiger partial charge in [-0.3, -0.25) is 0 Å². The molecule has 2 N–H and O–H groups in total. The molecule has 7 nitrogen and oxygen atoms in total. The molecule has 1 aromatic heterocycles. The molecule has 30 heavy (non-hydrogen) atoms. The first-order chi connectivity index (χ1) is 14.5. The fourth-order valence-corrected chi connectivity index (χ4v) is 3.73. The molecule has 0 unspecified atom stereocenters. The second-order valence-electron chi connectivity index (χ2n) is 7.98. The van der Waals surface area contributed by atoms with Gasteiger partial charge in [-0.15, -0.1) is 10.2 Å². The van der Waals surface area contributed by atoms with E-state index in [4.69, 9.17) is 4.42 Å². The number of para-hydroxylation sites is 1. The average molecular weight is 406 g/mol. The van der Waals surface area contributed by atoms with Crippen molar-refractivity contribution in [3.8, 4) is 0 Å². The number of anilines is 3. The van der Waals surface area contributed by atoms with E-state index in [0.717, 1.165) is 42.0 Å². The molecule has 2 heterocycles. The van der Waals surface area contributed by atoms with Crippen LogP contribution in [0.25, 0.3) is 0 Å². The smallest absolute Gasteiger partial charge is 0.323 e. The summed E-state index contributed by atoms with van der Waals surface area (Å²) >= 11 is 0. The van der Waals surface area contributed by atoms with E-state index >= 15 is 0 Å².